The Morgan fingerprint density at radius 1 is 0.450 bits per heavy atom. The van der Waals surface area contributed by atoms with Crippen molar-refractivity contribution in [2.24, 2.45) is 47.3 Å². The van der Waals surface area contributed by atoms with Gasteiger partial charge in [0, 0.05) is 61.3 Å². The van der Waals surface area contributed by atoms with Crippen LogP contribution in [-0.2, 0) is 41.5 Å². The van der Waals surface area contributed by atoms with Crippen LogP contribution in [0.4, 0.5) is 17.6 Å². The van der Waals surface area contributed by atoms with Gasteiger partial charge < -0.3 is 18.9 Å². The number of hydrogen-bond donors (Lipinski definition) is 0. The summed E-state index contributed by atoms with van der Waals surface area (Å²) in [5.74, 6) is -3.57. The van der Waals surface area contributed by atoms with E-state index < -0.39 is 60.6 Å². The molecule has 6 aromatic rings. The molecule has 6 aliphatic carbocycles. The molecule has 0 aliphatic heterocycles. The smallest absolute Gasteiger partial charge is 0.308 e. The zero-order valence-corrected chi connectivity index (χ0v) is 81.7. The number of rotatable bonds is 52. The number of ether oxygens (including phenoxy) is 4. The van der Waals surface area contributed by atoms with Gasteiger partial charge in [0.1, 0.15) is 35.7 Å². The molecule has 0 spiro atoms. The van der Waals surface area contributed by atoms with Crippen molar-refractivity contribution in [2.45, 2.75) is 399 Å². The molecular weight excluding hydrogens is 1720 g/mol. The summed E-state index contributed by atoms with van der Waals surface area (Å²) in [7, 11) is 0. The summed E-state index contributed by atoms with van der Waals surface area (Å²) < 4.78 is 105. The molecule has 6 saturated carbocycles. The summed E-state index contributed by atoms with van der Waals surface area (Å²) in [5.41, 5.74) is 4.71. The third kappa shape index (κ3) is 25.9. The number of benzene rings is 1. The number of halogens is 4. The lowest BCUT2D eigenvalue weighted by Gasteiger charge is -2.32. The highest BCUT2D eigenvalue weighted by molar-refractivity contribution is 7.31. The molecule has 0 N–H and O–H groups in total. The Labute approximate surface area is 786 Å². The standard InChI is InChI=1S/C106H140F4N6O8S5/c1-9-15-21-27-31-37-43-67(41-35-25-19-13-5)65-121-105(119)69-47-51-71(52-48-69)123-101-95(89-61-91-103(127-89)73(45-39-33-29-23-17-11-3)87(125-91)59-79-93(85(63-111)113-7)75-55-81(107)83(109)57-77(75)99(79)117)97-98(116-129-115-97)96(102(101)124-72-53-49-70(50-54-72)106(120)122-66-68(42-36-26-20-14-6)44-38-32-28-22-16-10-2)90-62-92-104(128-90)74(46-40-34-30-24-18-12-4)88(126-92)60-80-94(86(64-112)114-8)76-56-82(108)84(110)58-78(76)100(80)118/h59-62,67-72,75-78,81-84H,9-58,65-66H2,1-6H3/b79-59-,80-60-,93-85-,94-86+. The van der Waals surface area contributed by atoms with Gasteiger partial charge >= 0.3 is 11.9 Å². The number of alkyl halides is 4. The van der Waals surface area contributed by atoms with Crippen molar-refractivity contribution in [3.05, 3.63) is 89.5 Å². The average Bonchev–Trinajstić information content (AvgIpc) is 1.56. The van der Waals surface area contributed by atoms with Crippen LogP contribution in [0.3, 0.4) is 0 Å². The Morgan fingerprint density at radius 2 is 0.760 bits per heavy atom. The normalized spacial score (nSPS) is 24.2. The molecule has 6 fully saturated rings. The van der Waals surface area contributed by atoms with Crippen LogP contribution in [0.15, 0.2) is 45.8 Å². The number of carbonyl (C=O) groups is 4. The van der Waals surface area contributed by atoms with E-state index in [1.807, 2.05) is 12.1 Å². The Balaban J connectivity index is 0.989. The first-order chi connectivity index (χ1) is 62.9. The van der Waals surface area contributed by atoms with E-state index in [1.165, 1.54) is 113 Å². The van der Waals surface area contributed by atoms with Gasteiger partial charge in [0.2, 0.25) is 0 Å². The fraction of sp³-hybridized carbons (Fsp3) is 0.679. The molecule has 10 unspecified atom stereocenters. The van der Waals surface area contributed by atoms with E-state index in [2.05, 4.69) is 63.4 Å². The zero-order chi connectivity index (χ0) is 91.3. The number of thiophene rings is 4. The Morgan fingerprint density at radius 3 is 1.09 bits per heavy atom. The van der Waals surface area contributed by atoms with Crippen molar-refractivity contribution in [1.82, 2.24) is 8.75 Å². The van der Waals surface area contributed by atoms with Crippen molar-refractivity contribution >= 4 is 123 Å². The first-order valence-corrected chi connectivity index (χ1v) is 54.1. The van der Waals surface area contributed by atoms with Crippen molar-refractivity contribution in [3.63, 3.8) is 0 Å². The second-order valence-electron chi connectivity index (χ2n) is 38.1. The number of allylic oxidation sites excluding steroid dienone is 6. The average molecular weight is 1860 g/mol. The second kappa shape index (κ2) is 51.4. The molecule has 700 valence electrons. The maximum atomic E-state index is 15.5. The molecule has 6 aliphatic rings. The van der Waals surface area contributed by atoms with Crippen molar-refractivity contribution in [1.29, 1.82) is 10.5 Å². The monoisotopic (exact) mass is 1860 g/mol. The molecule has 10 atom stereocenters. The molecule has 0 radical (unpaired) electrons. The Hall–Kier alpha value is -7.12. The number of unbranched alkanes of at least 4 members (excludes halogenated alkanes) is 26. The lowest BCUT2D eigenvalue weighted by molar-refractivity contribution is -0.152. The molecule has 5 heterocycles. The van der Waals surface area contributed by atoms with Crippen LogP contribution < -0.4 is 9.47 Å². The summed E-state index contributed by atoms with van der Waals surface area (Å²) in [5, 5.41) is 21.0. The van der Waals surface area contributed by atoms with Gasteiger partial charge in [-0.3, -0.25) is 19.2 Å². The van der Waals surface area contributed by atoms with Gasteiger partial charge in [-0.1, -0.05) is 234 Å². The predicted molar refractivity (Wildman–Crippen MR) is 521 cm³/mol. The van der Waals surface area contributed by atoms with Crippen LogP contribution in [0.2, 0.25) is 0 Å². The highest BCUT2D eigenvalue weighted by Crippen LogP contribution is 2.59. The van der Waals surface area contributed by atoms with Crippen LogP contribution in [0.1, 0.15) is 371 Å². The van der Waals surface area contributed by atoms with Gasteiger partial charge in [-0.15, -0.1) is 45.3 Å². The van der Waals surface area contributed by atoms with Gasteiger partial charge in [-0.25, -0.2) is 37.8 Å². The molecule has 0 saturated heterocycles. The number of ketones is 2. The summed E-state index contributed by atoms with van der Waals surface area (Å²) in [6.45, 7) is 30.5. The number of esters is 2. The van der Waals surface area contributed by atoms with Crippen molar-refractivity contribution in [2.75, 3.05) is 13.2 Å². The van der Waals surface area contributed by atoms with Gasteiger partial charge in [0.25, 0.3) is 11.4 Å². The number of Topliss-reactive ketones (excluding diaryl/α,β-unsaturated/α-hetero) is 2. The lowest BCUT2D eigenvalue weighted by atomic mass is 9.77. The maximum absolute atomic E-state index is 15.5. The molecular formula is C106H140F4N6O8S5. The van der Waals surface area contributed by atoms with Crippen LogP contribution in [0, 0.1) is 83.1 Å². The molecule has 14 nitrogen and oxygen atoms in total. The van der Waals surface area contributed by atoms with Crippen molar-refractivity contribution in [3.8, 4) is 44.5 Å². The number of nitrogens with zero attached hydrogens (tertiary/aromatic N) is 6. The molecule has 0 bridgehead atoms. The molecule has 0 amide bonds. The van der Waals surface area contributed by atoms with Crippen LogP contribution in [0.25, 0.3) is 72.6 Å². The fourth-order valence-electron chi connectivity index (χ4n) is 21.2. The van der Waals surface area contributed by atoms with E-state index in [-0.39, 0.29) is 94.7 Å². The number of fused-ring (bicyclic) bond motifs is 5. The molecule has 1 aromatic carbocycles. The largest absolute Gasteiger partial charge is 0.486 e. The SMILES string of the molecule is [C-]#[N+]/C(C#N)=C1\C(=C\c2sc3cc(-c4c(OC5CCC(C(=O)OCC(CCCCCC)CCCCCCCC)CC5)c(OC5CCC(C(=O)OCC(CCCCCC)CCCCCCCC)CC5)c(-c5cc6sc(/C=C7\C(=O)C8CC(F)C(F)CC8\C7=C(\C#N)[N+]#[C-])c(CCCCCCCC)c6s5)c5nsnc45)sc3c2CCCCCCCC)C(=O)C2CC(F)C(F)CC12. The van der Waals surface area contributed by atoms with Crippen LogP contribution in [-0.4, -0.2) is 82.4 Å². The van der Waals surface area contributed by atoms with Crippen LogP contribution >= 0.6 is 57.1 Å². The maximum Gasteiger partial charge on any atom is 0.308 e. The summed E-state index contributed by atoms with van der Waals surface area (Å²) in [6.07, 6.45) is 39.9. The van der Waals surface area contributed by atoms with E-state index in [0.717, 1.165) is 202 Å². The summed E-state index contributed by atoms with van der Waals surface area (Å²) in [6, 6.07) is 8.37. The lowest BCUT2D eigenvalue weighted by Crippen LogP contribution is -2.34. The van der Waals surface area contributed by atoms with Gasteiger partial charge in [-0.2, -0.15) is 8.75 Å². The van der Waals surface area contributed by atoms with Crippen LogP contribution in [0.5, 0.6) is 11.5 Å². The van der Waals surface area contributed by atoms with E-state index >= 15 is 17.6 Å². The predicted octanol–water partition coefficient (Wildman–Crippen LogP) is 31.8. The van der Waals surface area contributed by atoms with Gasteiger partial charge in [0.15, 0.2) is 23.1 Å². The minimum atomic E-state index is -1.84. The highest BCUT2D eigenvalue weighted by Gasteiger charge is 2.52. The molecule has 23 heteroatoms. The van der Waals surface area contributed by atoms with E-state index in [4.69, 9.17) is 40.8 Å². The van der Waals surface area contributed by atoms with Crippen molar-refractivity contribution < 1.29 is 55.7 Å². The molecule has 5 aromatic heterocycles. The summed E-state index contributed by atoms with van der Waals surface area (Å²) in [4.78, 5) is 69.3. The van der Waals surface area contributed by atoms with E-state index in [1.54, 1.807) is 34.8 Å². The van der Waals surface area contributed by atoms with Gasteiger partial charge in [0.05, 0.1) is 85.4 Å². The first kappa shape index (κ1) is 101. The van der Waals surface area contributed by atoms with E-state index in [9.17, 15) is 29.7 Å². The fourth-order valence-corrected chi connectivity index (χ4v) is 27.2. The number of aryl methyl sites for hydroxylation is 2. The molecule has 129 heavy (non-hydrogen) atoms. The minimum Gasteiger partial charge on any atom is -0.486 e. The Bertz CT molecular complexity index is 4680. The summed E-state index contributed by atoms with van der Waals surface area (Å²) >= 11 is 7.27. The third-order valence-corrected chi connectivity index (χ3v) is 34.2. The first-order valence-electron chi connectivity index (χ1n) is 50.1. The quantitative estimate of drug-likeness (QED) is 0.00879. The molecule has 12 rings (SSSR count). The highest BCUT2D eigenvalue weighted by atomic mass is 32.1. The van der Waals surface area contributed by atoms with E-state index in [0.29, 0.717) is 123 Å². The zero-order valence-electron chi connectivity index (χ0n) is 77.7. The topological polar surface area (TPSA) is 187 Å². The number of hydrogen-bond acceptors (Lipinski definition) is 17. The minimum absolute atomic E-state index is 0.156. The Kier molecular flexibility index (Phi) is 40.2. The second-order valence-corrected chi connectivity index (χ2v) is 42.9. The third-order valence-electron chi connectivity index (χ3n) is 28.7. The van der Waals surface area contributed by atoms with Gasteiger partial charge in [-0.05, 0) is 199 Å². The number of nitriles is 2. The number of carbonyl (C=O) groups excluding carboxylic acids is 4. The number of aromatic nitrogens is 2.